The molecule has 0 aliphatic carbocycles. The van der Waals surface area contributed by atoms with Crippen LogP contribution < -0.4 is 11.1 Å². The van der Waals surface area contributed by atoms with Gasteiger partial charge in [-0.15, -0.1) is 0 Å². The number of anilines is 2. The number of nitrogens with zero attached hydrogens (tertiary/aromatic N) is 2. The van der Waals surface area contributed by atoms with Gasteiger partial charge in [0.15, 0.2) is 0 Å². The quantitative estimate of drug-likeness (QED) is 0.767. The van der Waals surface area contributed by atoms with E-state index in [9.17, 15) is 9.59 Å². The fourth-order valence-electron chi connectivity index (χ4n) is 2.54. The third-order valence-electron chi connectivity index (χ3n) is 3.91. The molecule has 3 N–H and O–H groups in total. The molecule has 0 aliphatic rings. The van der Waals surface area contributed by atoms with Crippen LogP contribution in [0.2, 0.25) is 0 Å². The summed E-state index contributed by atoms with van der Waals surface area (Å²) in [5.41, 5.74) is 8.33. The van der Waals surface area contributed by atoms with Crippen molar-refractivity contribution in [1.29, 1.82) is 0 Å². The highest BCUT2D eigenvalue weighted by atomic mass is 16.2. The third kappa shape index (κ3) is 3.28. The number of para-hydroxylation sites is 1. The first kappa shape index (κ1) is 16.4. The molecular weight excluding hydrogens is 316 g/mol. The molecule has 0 saturated carbocycles. The van der Waals surface area contributed by atoms with Crippen molar-refractivity contribution in [3.05, 3.63) is 77.5 Å². The van der Waals surface area contributed by atoms with E-state index in [4.69, 9.17) is 5.73 Å². The van der Waals surface area contributed by atoms with Gasteiger partial charge in [-0.25, -0.2) is 0 Å². The number of hydrogen-bond acceptors (Lipinski definition) is 4. The largest absolute Gasteiger partial charge is 0.383 e. The van der Waals surface area contributed by atoms with E-state index in [1.807, 2.05) is 37.3 Å². The monoisotopic (exact) mass is 334 g/mol. The first-order chi connectivity index (χ1) is 12.1. The summed E-state index contributed by atoms with van der Waals surface area (Å²) in [5.74, 6) is -0.767. The topological polar surface area (TPSA) is 90.0 Å². The Morgan fingerprint density at radius 3 is 2.48 bits per heavy atom. The number of aromatic nitrogens is 2. The van der Waals surface area contributed by atoms with Crippen molar-refractivity contribution in [3.63, 3.8) is 0 Å². The van der Waals surface area contributed by atoms with Gasteiger partial charge >= 0.3 is 0 Å². The van der Waals surface area contributed by atoms with Crippen molar-refractivity contribution in [2.45, 2.75) is 13.3 Å². The third-order valence-corrected chi connectivity index (χ3v) is 3.91. The lowest BCUT2D eigenvalue weighted by Crippen LogP contribution is -2.19. The number of amides is 1. The van der Waals surface area contributed by atoms with Crippen molar-refractivity contribution in [2.24, 2.45) is 0 Å². The lowest BCUT2D eigenvalue weighted by atomic mass is 10.1. The molecule has 0 bridgehead atoms. The van der Waals surface area contributed by atoms with E-state index in [0.29, 0.717) is 5.56 Å². The summed E-state index contributed by atoms with van der Waals surface area (Å²) in [7, 11) is 0. The molecule has 1 aromatic heterocycles. The summed E-state index contributed by atoms with van der Waals surface area (Å²) in [6.45, 7) is 2.01. The van der Waals surface area contributed by atoms with Crippen LogP contribution in [0, 0.1) is 0 Å². The SMILES string of the molecule is CCc1ccccc1NC(=O)c1cnn(C(=O)c2ccccc2)c1N. The molecule has 0 unspecified atom stereocenters. The molecule has 2 aromatic carbocycles. The number of nitrogens with one attached hydrogen (secondary N) is 1. The Labute approximate surface area is 145 Å². The Morgan fingerprint density at radius 1 is 1.08 bits per heavy atom. The number of rotatable bonds is 4. The maximum absolute atomic E-state index is 12.5. The van der Waals surface area contributed by atoms with Gasteiger partial charge in [0.25, 0.3) is 11.8 Å². The highest BCUT2D eigenvalue weighted by Crippen LogP contribution is 2.19. The zero-order chi connectivity index (χ0) is 17.8. The van der Waals surface area contributed by atoms with Crippen LogP contribution in [0.15, 0.2) is 60.8 Å². The van der Waals surface area contributed by atoms with Gasteiger partial charge in [-0.1, -0.05) is 43.3 Å². The van der Waals surface area contributed by atoms with Gasteiger partial charge in [-0.2, -0.15) is 9.78 Å². The molecule has 0 saturated heterocycles. The molecule has 0 aliphatic heterocycles. The van der Waals surface area contributed by atoms with Crippen LogP contribution in [0.3, 0.4) is 0 Å². The first-order valence-corrected chi connectivity index (χ1v) is 7.94. The second-order valence-corrected chi connectivity index (χ2v) is 5.49. The molecule has 25 heavy (non-hydrogen) atoms. The second kappa shape index (κ2) is 7.00. The number of hydrogen-bond donors (Lipinski definition) is 2. The molecule has 6 heteroatoms. The van der Waals surface area contributed by atoms with Crippen molar-refractivity contribution in [2.75, 3.05) is 11.1 Å². The molecule has 1 heterocycles. The average molecular weight is 334 g/mol. The van der Waals surface area contributed by atoms with Crippen LogP contribution in [-0.4, -0.2) is 21.6 Å². The molecule has 1 amide bonds. The minimum absolute atomic E-state index is 0.0142. The Kier molecular flexibility index (Phi) is 4.61. The highest BCUT2D eigenvalue weighted by molar-refractivity contribution is 6.09. The molecule has 0 atom stereocenters. The summed E-state index contributed by atoms with van der Waals surface area (Å²) in [6.07, 6.45) is 2.09. The molecular formula is C19H18N4O2. The standard InChI is InChI=1S/C19H18N4O2/c1-2-13-8-6-7-11-16(13)22-18(24)15-12-21-23(17(15)20)19(25)14-9-4-3-5-10-14/h3-12H,2,20H2,1H3,(H,22,24). The molecule has 0 fully saturated rings. The maximum atomic E-state index is 12.5. The minimum atomic E-state index is -0.398. The van der Waals surface area contributed by atoms with E-state index in [1.54, 1.807) is 24.3 Å². The van der Waals surface area contributed by atoms with Crippen LogP contribution >= 0.6 is 0 Å². The average Bonchev–Trinajstić information content (AvgIpc) is 3.03. The summed E-state index contributed by atoms with van der Waals surface area (Å²) in [5, 5.41) is 6.81. The van der Waals surface area contributed by atoms with Crippen molar-refractivity contribution < 1.29 is 9.59 Å². The van der Waals surface area contributed by atoms with Gasteiger partial charge in [-0.05, 0) is 30.2 Å². The van der Waals surface area contributed by atoms with Crippen LogP contribution in [-0.2, 0) is 6.42 Å². The van der Waals surface area contributed by atoms with Gasteiger partial charge < -0.3 is 11.1 Å². The van der Waals surface area contributed by atoms with Crippen molar-refractivity contribution in [3.8, 4) is 0 Å². The molecule has 0 spiro atoms. The Bertz CT molecular complexity index is 916. The van der Waals surface area contributed by atoms with Crippen LogP contribution in [0.1, 0.15) is 33.2 Å². The Balaban J connectivity index is 1.86. The van der Waals surface area contributed by atoms with E-state index in [2.05, 4.69) is 10.4 Å². The zero-order valence-corrected chi connectivity index (χ0v) is 13.8. The number of aryl methyl sites for hydroxylation is 1. The second-order valence-electron chi connectivity index (χ2n) is 5.49. The van der Waals surface area contributed by atoms with E-state index >= 15 is 0 Å². The number of nitrogen functional groups attached to an aromatic ring is 1. The van der Waals surface area contributed by atoms with E-state index < -0.39 is 5.91 Å². The number of benzene rings is 2. The molecule has 6 nitrogen and oxygen atoms in total. The van der Waals surface area contributed by atoms with E-state index in [-0.39, 0.29) is 17.3 Å². The maximum Gasteiger partial charge on any atom is 0.280 e. The summed E-state index contributed by atoms with van der Waals surface area (Å²) in [4.78, 5) is 25.0. The summed E-state index contributed by atoms with van der Waals surface area (Å²) < 4.78 is 1.04. The van der Waals surface area contributed by atoms with Crippen LogP contribution in [0.5, 0.6) is 0 Å². The van der Waals surface area contributed by atoms with Crippen molar-refractivity contribution in [1.82, 2.24) is 9.78 Å². The smallest absolute Gasteiger partial charge is 0.280 e. The fraction of sp³-hybridized carbons (Fsp3) is 0.105. The lowest BCUT2D eigenvalue weighted by molar-refractivity contribution is 0.0948. The summed E-state index contributed by atoms with van der Waals surface area (Å²) >= 11 is 0. The van der Waals surface area contributed by atoms with Gasteiger partial charge in [0, 0.05) is 11.3 Å². The summed E-state index contributed by atoms with van der Waals surface area (Å²) in [6, 6.07) is 16.2. The van der Waals surface area contributed by atoms with E-state index in [1.165, 1.54) is 6.20 Å². The lowest BCUT2D eigenvalue weighted by Gasteiger charge is -2.09. The van der Waals surface area contributed by atoms with Crippen LogP contribution in [0.25, 0.3) is 0 Å². The number of nitrogens with two attached hydrogens (primary N) is 1. The molecule has 126 valence electrons. The van der Waals surface area contributed by atoms with Crippen molar-refractivity contribution >= 4 is 23.3 Å². The highest BCUT2D eigenvalue weighted by Gasteiger charge is 2.20. The van der Waals surface area contributed by atoms with Crippen LogP contribution in [0.4, 0.5) is 11.5 Å². The predicted octanol–water partition coefficient (Wildman–Crippen LogP) is 2.97. The Morgan fingerprint density at radius 2 is 1.76 bits per heavy atom. The molecule has 3 aromatic rings. The predicted molar refractivity (Wildman–Crippen MR) is 96.6 cm³/mol. The van der Waals surface area contributed by atoms with Gasteiger partial charge in [0.2, 0.25) is 0 Å². The van der Waals surface area contributed by atoms with Gasteiger partial charge in [0.05, 0.1) is 6.20 Å². The number of carbonyl (C=O) groups is 2. The minimum Gasteiger partial charge on any atom is -0.383 e. The van der Waals surface area contributed by atoms with E-state index in [0.717, 1.165) is 22.4 Å². The molecule has 0 radical (unpaired) electrons. The first-order valence-electron chi connectivity index (χ1n) is 7.94. The normalized spacial score (nSPS) is 10.4. The zero-order valence-electron chi connectivity index (χ0n) is 13.8. The Hall–Kier alpha value is -3.41. The number of carbonyl (C=O) groups excluding carboxylic acids is 2. The van der Waals surface area contributed by atoms with Gasteiger partial charge in [-0.3, -0.25) is 9.59 Å². The molecule has 3 rings (SSSR count). The fourth-order valence-corrected chi connectivity index (χ4v) is 2.54. The van der Waals surface area contributed by atoms with Gasteiger partial charge in [0.1, 0.15) is 11.4 Å².